The van der Waals surface area contributed by atoms with Crippen LogP contribution >= 0.6 is 23.4 Å². The zero-order chi connectivity index (χ0) is 12.5. The second kappa shape index (κ2) is 8.55. The van der Waals surface area contributed by atoms with Crippen molar-refractivity contribution < 1.29 is 4.74 Å². The SMILES string of the molecule is CCCOCCCNc1cc(Cl)nc(SC)n1. The number of halogens is 1. The summed E-state index contributed by atoms with van der Waals surface area (Å²) in [5, 5.41) is 4.36. The molecule has 0 unspecified atom stereocenters. The van der Waals surface area contributed by atoms with Gasteiger partial charge in [-0.2, -0.15) is 0 Å². The number of thioether (sulfide) groups is 1. The van der Waals surface area contributed by atoms with Crippen LogP contribution in [0.5, 0.6) is 0 Å². The third kappa shape index (κ3) is 6.10. The highest BCUT2D eigenvalue weighted by Gasteiger charge is 2.01. The van der Waals surface area contributed by atoms with Crippen LogP contribution in [0.3, 0.4) is 0 Å². The molecule has 1 aromatic heterocycles. The largest absolute Gasteiger partial charge is 0.381 e. The number of hydrogen-bond donors (Lipinski definition) is 1. The minimum Gasteiger partial charge on any atom is -0.381 e. The van der Waals surface area contributed by atoms with Gasteiger partial charge in [-0.1, -0.05) is 30.3 Å². The Balaban J connectivity index is 2.28. The first kappa shape index (κ1) is 14.5. The number of rotatable bonds is 8. The fraction of sp³-hybridized carbons (Fsp3) is 0.636. The molecule has 17 heavy (non-hydrogen) atoms. The lowest BCUT2D eigenvalue weighted by molar-refractivity contribution is 0.134. The fourth-order valence-corrected chi connectivity index (χ4v) is 1.83. The van der Waals surface area contributed by atoms with Crippen LogP contribution in [-0.4, -0.2) is 36.0 Å². The van der Waals surface area contributed by atoms with Gasteiger partial charge in [0, 0.05) is 25.8 Å². The second-order valence-corrected chi connectivity index (χ2v) is 4.62. The summed E-state index contributed by atoms with van der Waals surface area (Å²) in [6, 6.07) is 1.73. The van der Waals surface area contributed by atoms with Gasteiger partial charge in [0.05, 0.1) is 0 Å². The number of nitrogens with zero attached hydrogens (tertiary/aromatic N) is 2. The van der Waals surface area contributed by atoms with E-state index in [1.54, 1.807) is 6.07 Å². The van der Waals surface area contributed by atoms with Crippen molar-refractivity contribution in [3.05, 3.63) is 11.2 Å². The van der Waals surface area contributed by atoms with E-state index in [1.165, 1.54) is 11.8 Å². The molecule has 4 nitrogen and oxygen atoms in total. The Labute approximate surface area is 112 Å². The Kier molecular flexibility index (Phi) is 7.32. The first-order chi connectivity index (χ1) is 8.26. The molecule has 6 heteroatoms. The van der Waals surface area contributed by atoms with Gasteiger partial charge in [-0.25, -0.2) is 9.97 Å². The maximum absolute atomic E-state index is 5.88. The molecular formula is C11H18ClN3OS. The second-order valence-electron chi connectivity index (χ2n) is 3.46. The Morgan fingerprint density at radius 3 is 2.94 bits per heavy atom. The number of hydrogen-bond acceptors (Lipinski definition) is 5. The normalized spacial score (nSPS) is 10.5. The number of anilines is 1. The molecule has 1 N–H and O–H groups in total. The molecule has 1 aromatic rings. The summed E-state index contributed by atoms with van der Waals surface area (Å²) in [5.41, 5.74) is 0. The van der Waals surface area contributed by atoms with Crippen molar-refractivity contribution >= 4 is 29.2 Å². The third-order valence-electron chi connectivity index (χ3n) is 1.98. The summed E-state index contributed by atoms with van der Waals surface area (Å²) in [4.78, 5) is 8.38. The maximum atomic E-state index is 5.88. The van der Waals surface area contributed by atoms with E-state index in [-0.39, 0.29) is 0 Å². The van der Waals surface area contributed by atoms with Crippen LogP contribution in [0.1, 0.15) is 19.8 Å². The molecule has 0 amide bonds. The predicted molar refractivity (Wildman–Crippen MR) is 73.0 cm³/mol. The van der Waals surface area contributed by atoms with Gasteiger partial charge in [-0.05, 0) is 19.1 Å². The van der Waals surface area contributed by atoms with Crippen LogP contribution in [-0.2, 0) is 4.74 Å². The first-order valence-corrected chi connectivity index (χ1v) is 7.26. The standard InChI is InChI=1S/C11H18ClN3OS/c1-3-6-16-7-4-5-13-10-8-9(12)14-11(15-10)17-2/h8H,3-7H2,1-2H3,(H,13,14,15). The Bertz CT molecular complexity index is 338. The molecule has 96 valence electrons. The number of nitrogens with one attached hydrogen (secondary N) is 1. The van der Waals surface area contributed by atoms with Crippen molar-refractivity contribution in [1.29, 1.82) is 0 Å². The van der Waals surface area contributed by atoms with Crippen molar-refractivity contribution in [3.63, 3.8) is 0 Å². The van der Waals surface area contributed by atoms with Gasteiger partial charge in [-0.3, -0.25) is 0 Å². The number of aromatic nitrogens is 2. The summed E-state index contributed by atoms with van der Waals surface area (Å²) < 4.78 is 5.39. The summed E-state index contributed by atoms with van der Waals surface area (Å²) in [7, 11) is 0. The van der Waals surface area contributed by atoms with E-state index in [1.807, 2.05) is 6.26 Å². The van der Waals surface area contributed by atoms with E-state index in [2.05, 4.69) is 22.2 Å². The Hall–Kier alpha value is -0.520. The molecule has 0 aliphatic rings. The summed E-state index contributed by atoms with van der Waals surface area (Å²) in [5.74, 6) is 0.768. The van der Waals surface area contributed by atoms with E-state index in [0.29, 0.717) is 10.3 Å². The van der Waals surface area contributed by atoms with Crippen LogP contribution in [0, 0.1) is 0 Å². The lowest BCUT2D eigenvalue weighted by Gasteiger charge is -2.07. The smallest absolute Gasteiger partial charge is 0.190 e. The quantitative estimate of drug-likeness (QED) is 0.342. The summed E-state index contributed by atoms with van der Waals surface area (Å²) in [6.45, 7) is 4.53. The average Bonchev–Trinajstić information content (AvgIpc) is 2.33. The molecule has 1 rings (SSSR count). The highest BCUT2D eigenvalue weighted by Crippen LogP contribution is 2.16. The summed E-state index contributed by atoms with van der Waals surface area (Å²) in [6.07, 6.45) is 3.94. The molecule has 0 aromatic carbocycles. The van der Waals surface area contributed by atoms with Gasteiger partial charge >= 0.3 is 0 Å². The van der Waals surface area contributed by atoms with Gasteiger partial charge in [0.25, 0.3) is 0 Å². The van der Waals surface area contributed by atoms with E-state index < -0.39 is 0 Å². The molecule has 0 saturated carbocycles. The fourth-order valence-electron chi connectivity index (χ4n) is 1.22. The van der Waals surface area contributed by atoms with E-state index in [9.17, 15) is 0 Å². The van der Waals surface area contributed by atoms with Crippen LogP contribution in [0.2, 0.25) is 5.15 Å². The van der Waals surface area contributed by atoms with E-state index >= 15 is 0 Å². The molecule has 0 fully saturated rings. The van der Waals surface area contributed by atoms with Gasteiger partial charge in [0.1, 0.15) is 11.0 Å². The molecule has 0 atom stereocenters. The highest BCUT2D eigenvalue weighted by molar-refractivity contribution is 7.98. The molecule has 0 aliphatic heterocycles. The molecular weight excluding hydrogens is 258 g/mol. The highest BCUT2D eigenvalue weighted by atomic mass is 35.5. The number of ether oxygens (including phenoxy) is 1. The molecule has 0 aliphatic carbocycles. The van der Waals surface area contributed by atoms with Crippen molar-refractivity contribution in [2.24, 2.45) is 0 Å². The van der Waals surface area contributed by atoms with Crippen molar-refractivity contribution in [2.75, 3.05) is 31.3 Å². The van der Waals surface area contributed by atoms with Crippen LogP contribution in [0.4, 0.5) is 5.82 Å². The predicted octanol–water partition coefficient (Wildman–Crippen LogP) is 3.08. The van der Waals surface area contributed by atoms with Gasteiger partial charge in [0.15, 0.2) is 5.16 Å². The maximum Gasteiger partial charge on any atom is 0.190 e. The minimum atomic E-state index is 0.467. The average molecular weight is 276 g/mol. The lowest BCUT2D eigenvalue weighted by Crippen LogP contribution is -2.08. The van der Waals surface area contributed by atoms with Crippen molar-refractivity contribution in [3.8, 4) is 0 Å². The van der Waals surface area contributed by atoms with Gasteiger partial charge in [-0.15, -0.1) is 0 Å². The molecule has 0 bridgehead atoms. The zero-order valence-electron chi connectivity index (χ0n) is 10.2. The zero-order valence-corrected chi connectivity index (χ0v) is 11.8. The first-order valence-electron chi connectivity index (χ1n) is 5.66. The Morgan fingerprint density at radius 1 is 1.41 bits per heavy atom. The minimum absolute atomic E-state index is 0.467. The Morgan fingerprint density at radius 2 is 2.24 bits per heavy atom. The van der Waals surface area contributed by atoms with E-state index in [4.69, 9.17) is 16.3 Å². The molecule has 1 heterocycles. The van der Waals surface area contributed by atoms with Crippen molar-refractivity contribution in [2.45, 2.75) is 24.9 Å². The van der Waals surface area contributed by atoms with Gasteiger partial charge in [0.2, 0.25) is 0 Å². The molecule has 0 spiro atoms. The molecule has 0 saturated heterocycles. The summed E-state index contributed by atoms with van der Waals surface area (Å²) >= 11 is 7.36. The van der Waals surface area contributed by atoms with Crippen molar-refractivity contribution in [1.82, 2.24) is 9.97 Å². The van der Waals surface area contributed by atoms with Crippen LogP contribution in [0.15, 0.2) is 11.2 Å². The van der Waals surface area contributed by atoms with Crippen LogP contribution < -0.4 is 5.32 Å². The van der Waals surface area contributed by atoms with Gasteiger partial charge < -0.3 is 10.1 Å². The topological polar surface area (TPSA) is 47.0 Å². The molecule has 0 radical (unpaired) electrons. The lowest BCUT2D eigenvalue weighted by atomic mass is 10.4. The third-order valence-corrected chi connectivity index (χ3v) is 2.72. The monoisotopic (exact) mass is 275 g/mol. The van der Waals surface area contributed by atoms with E-state index in [0.717, 1.165) is 38.4 Å². The van der Waals surface area contributed by atoms with Crippen LogP contribution in [0.25, 0.3) is 0 Å².